The average Bonchev–Trinajstić information content (AvgIpc) is 2.96. The number of rotatable bonds is 13. The van der Waals surface area contributed by atoms with Crippen molar-refractivity contribution in [2.45, 2.75) is 57.6 Å². The third-order valence-electron chi connectivity index (χ3n) is 6.64. The van der Waals surface area contributed by atoms with Gasteiger partial charge in [0.25, 0.3) is 10.0 Å². The van der Waals surface area contributed by atoms with Crippen LogP contribution in [0.1, 0.15) is 39.7 Å². The number of ether oxygens (including phenoxy) is 1. The van der Waals surface area contributed by atoms with Gasteiger partial charge in [-0.05, 0) is 93.4 Å². The van der Waals surface area contributed by atoms with Crippen molar-refractivity contribution in [3.63, 3.8) is 0 Å². The number of anilines is 1. The molecule has 226 valence electrons. The largest absolute Gasteiger partial charge is 0.494 e. The van der Waals surface area contributed by atoms with E-state index >= 15 is 0 Å². The van der Waals surface area contributed by atoms with Gasteiger partial charge in [-0.15, -0.1) is 0 Å². The first-order valence-electron chi connectivity index (χ1n) is 13.4. The second-order valence-electron chi connectivity index (χ2n) is 9.64. The molecule has 0 saturated carbocycles. The fourth-order valence-electron chi connectivity index (χ4n) is 4.02. The Hall–Kier alpha value is -3.34. The van der Waals surface area contributed by atoms with Gasteiger partial charge in [0.1, 0.15) is 24.2 Å². The first-order chi connectivity index (χ1) is 19.9. The highest BCUT2D eigenvalue weighted by Gasteiger charge is 2.33. The second kappa shape index (κ2) is 14.7. The number of carbonyl (C=O) groups is 2. The Labute approximate surface area is 256 Å². The maximum absolute atomic E-state index is 14.0. The molecule has 0 radical (unpaired) electrons. The fraction of sp³-hybridized carbons (Fsp3) is 0.333. The minimum atomic E-state index is -4.32. The number of hydrogen-bond acceptors (Lipinski definition) is 5. The lowest BCUT2D eigenvalue weighted by Crippen LogP contribution is -2.52. The number of carbonyl (C=O) groups excluding carboxylic acids is 2. The minimum Gasteiger partial charge on any atom is -0.494 e. The number of sulfonamides is 1. The zero-order chi connectivity index (χ0) is 31.0. The van der Waals surface area contributed by atoms with Crippen LogP contribution in [0.5, 0.6) is 5.75 Å². The summed E-state index contributed by atoms with van der Waals surface area (Å²) in [4.78, 5) is 28.3. The van der Waals surface area contributed by atoms with Crippen LogP contribution in [0.25, 0.3) is 0 Å². The third kappa shape index (κ3) is 8.36. The van der Waals surface area contributed by atoms with Crippen LogP contribution in [-0.4, -0.2) is 50.4 Å². The molecule has 42 heavy (non-hydrogen) atoms. The van der Waals surface area contributed by atoms with Crippen molar-refractivity contribution in [3.05, 3.63) is 88.2 Å². The van der Waals surface area contributed by atoms with Crippen molar-refractivity contribution in [1.82, 2.24) is 10.2 Å². The van der Waals surface area contributed by atoms with Gasteiger partial charge < -0.3 is 15.0 Å². The number of nitrogens with zero attached hydrogens (tertiary/aromatic N) is 2. The van der Waals surface area contributed by atoms with E-state index in [2.05, 4.69) is 5.32 Å². The van der Waals surface area contributed by atoms with E-state index in [4.69, 9.17) is 27.9 Å². The number of halogens is 3. The van der Waals surface area contributed by atoms with E-state index in [9.17, 15) is 22.4 Å². The summed E-state index contributed by atoms with van der Waals surface area (Å²) in [5.74, 6) is -1.18. The van der Waals surface area contributed by atoms with Gasteiger partial charge in [0.15, 0.2) is 0 Å². The van der Waals surface area contributed by atoms with Crippen molar-refractivity contribution in [1.29, 1.82) is 0 Å². The predicted molar refractivity (Wildman–Crippen MR) is 163 cm³/mol. The molecule has 1 N–H and O–H groups in total. The standard InChI is InChI=1S/C30H34Cl2FN3O5S/c1-5-20(3)34-30(38)21(4)35(18-22-7-8-23(31)17-28(22)32)29(37)19-36(25-11-9-24(33)10-12-25)42(39,40)27-15-13-26(14-16-27)41-6-2/h7-17,20-21H,5-6,18-19H2,1-4H3,(H,34,38)/t20-,21-/m1/s1. The van der Waals surface area contributed by atoms with Gasteiger partial charge in [-0.25, -0.2) is 12.8 Å². The molecule has 0 aliphatic heterocycles. The Kier molecular flexibility index (Phi) is 11.6. The minimum absolute atomic E-state index is 0.0693. The predicted octanol–water partition coefficient (Wildman–Crippen LogP) is 6.06. The summed E-state index contributed by atoms with van der Waals surface area (Å²) in [6.07, 6.45) is 0.675. The molecule has 3 rings (SSSR count). The molecular weight excluding hydrogens is 604 g/mol. The van der Waals surface area contributed by atoms with E-state index in [0.717, 1.165) is 16.4 Å². The zero-order valence-corrected chi connectivity index (χ0v) is 26.1. The Morgan fingerprint density at radius 2 is 1.62 bits per heavy atom. The third-order valence-corrected chi connectivity index (χ3v) is 9.02. The van der Waals surface area contributed by atoms with Crippen molar-refractivity contribution >= 4 is 50.7 Å². The van der Waals surface area contributed by atoms with Crippen LogP contribution >= 0.6 is 23.2 Å². The van der Waals surface area contributed by atoms with Crippen molar-refractivity contribution in [3.8, 4) is 5.75 Å². The number of amides is 2. The molecule has 12 heteroatoms. The van der Waals surface area contributed by atoms with E-state index in [1.165, 1.54) is 47.4 Å². The molecule has 3 aromatic rings. The summed E-state index contributed by atoms with van der Waals surface area (Å²) in [7, 11) is -4.32. The SMILES string of the molecule is CCOc1ccc(S(=O)(=O)N(CC(=O)N(Cc2ccc(Cl)cc2Cl)[C@H](C)C(=O)N[C@H](C)CC)c2ccc(F)cc2)cc1. The summed E-state index contributed by atoms with van der Waals surface area (Å²) < 4.78 is 47.9. The van der Waals surface area contributed by atoms with Gasteiger partial charge in [-0.3, -0.25) is 13.9 Å². The van der Waals surface area contributed by atoms with Gasteiger partial charge >= 0.3 is 0 Å². The lowest BCUT2D eigenvalue weighted by Gasteiger charge is -2.32. The molecule has 0 aliphatic rings. The summed E-state index contributed by atoms with van der Waals surface area (Å²) >= 11 is 12.4. The number of hydrogen-bond donors (Lipinski definition) is 1. The topological polar surface area (TPSA) is 96.0 Å². The molecular formula is C30H34Cl2FN3O5S. The van der Waals surface area contributed by atoms with Crippen LogP contribution in [0, 0.1) is 5.82 Å². The molecule has 8 nitrogen and oxygen atoms in total. The lowest BCUT2D eigenvalue weighted by molar-refractivity contribution is -0.139. The monoisotopic (exact) mass is 637 g/mol. The molecule has 0 bridgehead atoms. The maximum atomic E-state index is 14.0. The molecule has 0 saturated heterocycles. The smallest absolute Gasteiger partial charge is 0.264 e. The molecule has 0 spiro atoms. The molecule has 3 aromatic carbocycles. The average molecular weight is 639 g/mol. The van der Waals surface area contributed by atoms with E-state index in [-0.39, 0.29) is 28.2 Å². The zero-order valence-electron chi connectivity index (χ0n) is 23.8. The highest BCUT2D eigenvalue weighted by Crippen LogP contribution is 2.27. The molecule has 0 fully saturated rings. The molecule has 2 atom stereocenters. The van der Waals surface area contributed by atoms with Crippen molar-refractivity contribution < 1.29 is 27.1 Å². The lowest BCUT2D eigenvalue weighted by atomic mass is 10.1. The van der Waals surface area contributed by atoms with Gasteiger partial charge in [0.2, 0.25) is 11.8 Å². The first kappa shape index (κ1) is 33.2. The Balaban J connectivity index is 2.04. The summed E-state index contributed by atoms with van der Waals surface area (Å²) in [6.45, 7) is 6.75. The molecule has 0 aromatic heterocycles. The molecule has 2 amide bonds. The Morgan fingerprint density at radius 3 is 2.19 bits per heavy atom. The highest BCUT2D eigenvalue weighted by atomic mass is 35.5. The van der Waals surface area contributed by atoms with Crippen molar-refractivity contribution in [2.75, 3.05) is 17.5 Å². The fourth-order valence-corrected chi connectivity index (χ4v) is 5.90. The van der Waals surface area contributed by atoms with Gasteiger partial charge in [-0.1, -0.05) is 36.2 Å². The van der Waals surface area contributed by atoms with Gasteiger partial charge in [0.05, 0.1) is 17.2 Å². The summed E-state index contributed by atoms with van der Waals surface area (Å²) in [5, 5.41) is 3.55. The Morgan fingerprint density at radius 1 is 0.976 bits per heavy atom. The molecule has 0 aliphatic carbocycles. The summed E-state index contributed by atoms with van der Waals surface area (Å²) in [6, 6.07) is 14.2. The number of nitrogens with one attached hydrogen (secondary N) is 1. The van der Waals surface area contributed by atoms with Crippen molar-refractivity contribution in [2.24, 2.45) is 0 Å². The number of benzene rings is 3. The van der Waals surface area contributed by atoms with Crippen LogP contribution in [0.2, 0.25) is 10.0 Å². The van der Waals surface area contributed by atoms with Crippen LogP contribution in [0.3, 0.4) is 0 Å². The Bertz CT molecular complexity index is 1490. The first-order valence-corrected chi connectivity index (χ1v) is 15.6. The maximum Gasteiger partial charge on any atom is 0.264 e. The van der Waals surface area contributed by atoms with Gasteiger partial charge in [0, 0.05) is 22.6 Å². The van der Waals surface area contributed by atoms with Crippen LogP contribution in [0.15, 0.2) is 71.6 Å². The second-order valence-corrected chi connectivity index (χ2v) is 12.3. The molecule has 0 unspecified atom stereocenters. The van der Waals surface area contributed by atoms with Gasteiger partial charge in [-0.2, -0.15) is 0 Å². The quantitative estimate of drug-likeness (QED) is 0.246. The van der Waals surface area contributed by atoms with Crippen LogP contribution in [-0.2, 0) is 26.2 Å². The normalized spacial score (nSPS) is 12.7. The van der Waals surface area contributed by atoms with Crippen LogP contribution in [0.4, 0.5) is 10.1 Å². The van der Waals surface area contributed by atoms with E-state index < -0.39 is 40.2 Å². The molecule has 0 heterocycles. The highest BCUT2D eigenvalue weighted by molar-refractivity contribution is 7.92. The summed E-state index contributed by atoms with van der Waals surface area (Å²) in [5.41, 5.74) is 0.583. The van der Waals surface area contributed by atoms with E-state index in [0.29, 0.717) is 29.4 Å². The van der Waals surface area contributed by atoms with E-state index in [1.807, 2.05) is 13.8 Å². The van der Waals surface area contributed by atoms with E-state index in [1.54, 1.807) is 26.0 Å². The van der Waals surface area contributed by atoms with Crippen LogP contribution < -0.4 is 14.4 Å².